The summed E-state index contributed by atoms with van der Waals surface area (Å²) in [5.74, 6) is -1.96. The Labute approximate surface area is 86.9 Å². The van der Waals surface area contributed by atoms with Gasteiger partial charge in [0.2, 0.25) is 4.71 Å². The van der Waals surface area contributed by atoms with Crippen molar-refractivity contribution in [1.82, 2.24) is 4.31 Å². The lowest BCUT2D eigenvalue weighted by atomic mass is 10.4. The molecule has 0 aromatic heterocycles. The minimum atomic E-state index is -1.85. The lowest BCUT2D eigenvalue weighted by Gasteiger charge is -2.14. The monoisotopic (exact) mass is 245 g/mol. The molecule has 74 valence electrons. The second-order valence-electron chi connectivity index (χ2n) is 2.30. The van der Waals surface area contributed by atoms with E-state index in [4.69, 9.17) is 28.3 Å². The van der Waals surface area contributed by atoms with Crippen molar-refractivity contribution in [2.45, 2.75) is 10.1 Å². The maximum absolute atomic E-state index is 11.2. The molecule has 0 spiro atoms. The number of alkyl halides is 2. The van der Waals surface area contributed by atoms with E-state index in [-0.39, 0.29) is 0 Å². The number of aliphatic carboxylic acids is 1. The van der Waals surface area contributed by atoms with Crippen LogP contribution in [0.1, 0.15) is 0 Å². The van der Waals surface area contributed by atoms with Crippen molar-refractivity contribution in [3.63, 3.8) is 0 Å². The molecule has 0 aromatic carbocycles. The van der Waals surface area contributed by atoms with Crippen LogP contribution in [-0.2, 0) is 21.0 Å². The van der Waals surface area contributed by atoms with Crippen LogP contribution in [0.2, 0.25) is 0 Å². The van der Waals surface area contributed by atoms with Crippen molar-refractivity contribution >= 4 is 46.4 Å². The molecule has 3 unspecified atom stereocenters. The van der Waals surface area contributed by atoms with Crippen LogP contribution in [0.5, 0.6) is 0 Å². The van der Waals surface area contributed by atoms with Crippen molar-refractivity contribution in [2.75, 3.05) is 6.54 Å². The fourth-order valence-corrected chi connectivity index (χ4v) is 2.76. The van der Waals surface area contributed by atoms with Gasteiger partial charge in [0.1, 0.15) is 0 Å². The fourth-order valence-electron chi connectivity index (χ4n) is 0.826. The van der Waals surface area contributed by atoms with E-state index in [2.05, 4.69) is 0 Å². The third kappa shape index (κ3) is 2.01. The maximum atomic E-state index is 11.2. The van der Waals surface area contributed by atoms with Gasteiger partial charge in [-0.15, -0.1) is 15.9 Å². The molecule has 1 rings (SSSR count). The quantitative estimate of drug-likeness (QED) is 0.538. The minimum Gasteiger partial charge on any atom is -0.592 e. The first-order valence-electron chi connectivity index (χ1n) is 3.17. The number of carboxylic acids is 1. The van der Waals surface area contributed by atoms with E-state index in [1.54, 1.807) is 0 Å². The minimum absolute atomic E-state index is 0.641. The normalized spacial score (nSPS) is 33.9. The highest BCUT2D eigenvalue weighted by molar-refractivity contribution is 7.92. The molecule has 0 aromatic rings. The molecule has 1 aliphatic rings. The number of hydrogen-bond donors (Lipinski definition) is 1. The maximum Gasteiger partial charge on any atom is 0.328 e. The summed E-state index contributed by atoms with van der Waals surface area (Å²) in [6.45, 7) is -0.641. The van der Waals surface area contributed by atoms with Gasteiger partial charge in [-0.3, -0.25) is 9.59 Å². The van der Waals surface area contributed by atoms with Crippen LogP contribution < -0.4 is 0 Å². The van der Waals surface area contributed by atoms with E-state index in [0.29, 0.717) is 4.31 Å². The van der Waals surface area contributed by atoms with Gasteiger partial charge in [0.05, 0.1) is 11.4 Å². The Morgan fingerprint density at radius 3 is 2.54 bits per heavy atom. The van der Waals surface area contributed by atoms with E-state index in [1.807, 2.05) is 0 Å². The van der Waals surface area contributed by atoms with E-state index in [0.717, 1.165) is 0 Å². The molecule has 3 atom stereocenters. The summed E-state index contributed by atoms with van der Waals surface area (Å²) < 4.78 is 10.8. The number of hydrogen-bond acceptors (Lipinski definition) is 3. The Morgan fingerprint density at radius 1 is 1.69 bits per heavy atom. The number of carbonyl (C=O) groups is 2. The lowest BCUT2D eigenvalue weighted by molar-refractivity contribution is -0.140. The van der Waals surface area contributed by atoms with Gasteiger partial charge in [-0.25, -0.2) is 0 Å². The van der Waals surface area contributed by atoms with Gasteiger partial charge in [0.15, 0.2) is 11.9 Å². The van der Waals surface area contributed by atoms with Crippen molar-refractivity contribution in [3.8, 4) is 0 Å². The summed E-state index contributed by atoms with van der Waals surface area (Å²) in [6.07, 6.45) is 0. The van der Waals surface area contributed by atoms with Crippen molar-refractivity contribution in [1.29, 1.82) is 0 Å². The third-order valence-electron chi connectivity index (χ3n) is 1.40. The fraction of sp³-hybridized carbons (Fsp3) is 0.600. The molecule has 0 radical (unpaired) electrons. The SMILES string of the molecule is O=C(O)CN1C(=O)C(Cl)C(Cl)[S+]1[O-]. The topological polar surface area (TPSA) is 80.7 Å². The van der Waals surface area contributed by atoms with Crippen molar-refractivity contribution in [3.05, 3.63) is 0 Å². The summed E-state index contributed by atoms with van der Waals surface area (Å²) in [4.78, 5) is 21.4. The zero-order chi connectivity index (χ0) is 10.2. The van der Waals surface area contributed by atoms with Gasteiger partial charge in [-0.05, 0) is 0 Å². The first-order valence-corrected chi connectivity index (χ1v) is 5.21. The second-order valence-corrected chi connectivity index (χ2v) is 5.00. The first-order chi connectivity index (χ1) is 5.95. The third-order valence-corrected chi connectivity index (χ3v) is 4.23. The molecule has 5 nitrogen and oxygen atoms in total. The standard InChI is InChI=1S/C5H5Cl2NO4S/c6-3-4(7)13(12)8(5(3)11)1-2(9)10/h3-4H,1H2,(H,9,10). The summed E-state index contributed by atoms with van der Waals surface area (Å²) in [5.41, 5.74) is 0. The average Bonchev–Trinajstić information content (AvgIpc) is 2.22. The molecule has 13 heavy (non-hydrogen) atoms. The number of halogens is 2. The second kappa shape index (κ2) is 3.91. The Balaban J connectivity index is 2.75. The molecule has 8 heteroatoms. The number of amides is 1. The zero-order valence-electron chi connectivity index (χ0n) is 6.15. The van der Waals surface area contributed by atoms with Gasteiger partial charge >= 0.3 is 5.97 Å². The zero-order valence-corrected chi connectivity index (χ0v) is 8.47. The van der Waals surface area contributed by atoms with Crippen molar-refractivity contribution < 1.29 is 19.2 Å². The van der Waals surface area contributed by atoms with Crippen LogP contribution in [0.25, 0.3) is 0 Å². The number of carboxylic acid groups (broad SMARTS) is 1. The predicted octanol–water partition coefficient (Wildman–Crippen LogP) is -0.251. The van der Waals surface area contributed by atoms with E-state index >= 15 is 0 Å². The molecule has 0 saturated carbocycles. The van der Waals surface area contributed by atoms with Gasteiger partial charge < -0.3 is 9.66 Å². The average molecular weight is 246 g/mol. The van der Waals surface area contributed by atoms with E-state index < -0.39 is 39.9 Å². The summed E-state index contributed by atoms with van der Waals surface area (Å²) in [5, 5.41) is 7.26. The van der Waals surface area contributed by atoms with Crippen LogP contribution in [-0.4, -0.2) is 42.5 Å². The van der Waals surface area contributed by atoms with E-state index in [1.165, 1.54) is 0 Å². The summed E-state index contributed by atoms with van der Waals surface area (Å²) >= 11 is 9.13. The van der Waals surface area contributed by atoms with Gasteiger partial charge in [-0.1, -0.05) is 11.6 Å². The highest BCUT2D eigenvalue weighted by Crippen LogP contribution is 2.29. The smallest absolute Gasteiger partial charge is 0.328 e. The molecule has 0 bridgehead atoms. The van der Waals surface area contributed by atoms with Gasteiger partial charge in [-0.2, -0.15) is 0 Å². The molecule has 1 saturated heterocycles. The highest BCUT2D eigenvalue weighted by Gasteiger charge is 2.51. The van der Waals surface area contributed by atoms with Crippen LogP contribution in [0.4, 0.5) is 0 Å². The predicted molar refractivity (Wildman–Crippen MR) is 46.8 cm³/mol. The molecule has 1 heterocycles. The molecule has 1 fully saturated rings. The Kier molecular flexibility index (Phi) is 3.28. The van der Waals surface area contributed by atoms with Crippen molar-refractivity contribution in [2.24, 2.45) is 0 Å². The van der Waals surface area contributed by atoms with Gasteiger partial charge in [0.25, 0.3) is 5.91 Å². The molecule has 1 aliphatic heterocycles. The number of carbonyl (C=O) groups excluding carboxylic acids is 1. The lowest BCUT2D eigenvalue weighted by Crippen LogP contribution is -2.35. The molecule has 0 aliphatic carbocycles. The molecule has 1 amide bonds. The van der Waals surface area contributed by atoms with Crippen LogP contribution >= 0.6 is 23.2 Å². The first kappa shape index (κ1) is 10.9. The highest BCUT2D eigenvalue weighted by atomic mass is 35.5. The Hall–Kier alpha value is -0.170. The Bertz CT molecular complexity index is 251. The summed E-state index contributed by atoms with van der Waals surface area (Å²) in [7, 11) is 0. The Morgan fingerprint density at radius 2 is 2.23 bits per heavy atom. The number of nitrogens with zero attached hydrogens (tertiary/aromatic N) is 1. The molecule has 1 N–H and O–H groups in total. The van der Waals surface area contributed by atoms with Crippen LogP contribution in [0, 0.1) is 0 Å². The van der Waals surface area contributed by atoms with Gasteiger partial charge in [0, 0.05) is 0 Å². The molecular weight excluding hydrogens is 241 g/mol. The molecular formula is C5H5Cl2NO4S. The number of rotatable bonds is 2. The van der Waals surface area contributed by atoms with E-state index in [9.17, 15) is 14.1 Å². The van der Waals surface area contributed by atoms with Crippen LogP contribution in [0.15, 0.2) is 0 Å². The largest absolute Gasteiger partial charge is 0.592 e. The van der Waals surface area contributed by atoms with Crippen LogP contribution in [0.3, 0.4) is 0 Å². The summed E-state index contributed by atoms with van der Waals surface area (Å²) in [6, 6.07) is 0.